The number of rotatable bonds is 10. The van der Waals surface area contributed by atoms with Crippen LogP contribution in [0.15, 0.2) is 65.4 Å². The summed E-state index contributed by atoms with van der Waals surface area (Å²) in [6.07, 6.45) is 18.1. The lowest BCUT2D eigenvalue weighted by Crippen LogP contribution is -2.21. The average molecular weight is 444 g/mol. The molecule has 1 aromatic heterocycles. The highest BCUT2D eigenvalue weighted by Crippen LogP contribution is 2.31. The van der Waals surface area contributed by atoms with Crippen LogP contribution in [0.3, 0.4) is 0 Å². The Morgan fingerprint density at radius 3 is 2.61 bits per heavy atom. The van der Waals surface area contributed by atoms with Crippen molar-refractivity contribution in [1.29, 1.82) is 0 Å². The second-order valence-corrected chi connectivity index (χ2v) is 7.36. The summed E-state index contributed by atoms with van der Waals surface area (Å²) in [5, 5.41) is 3.28. The number of nitrogens with one attached hydrogen (secondary N) is 1. The van der Waals surface area contributed by atoms with Gasteiger partial charge in [0, 0.05) is 44.8 Å². The number of terminal acetylenes is 1. The van der Waals surface area contributed by atoms with E-state index in [1.54, 1.807) is 13.3 Å². The zero-order chi connectivity index (χ0) is 24.1. The van der Waals surface area contributed by atoms with Gasteiger partial charge >= 0.3 is 0 Å². The van der Waals surface area contributed by atoms with E-state index in [1.807, 2.05) is 6.07 Å². The molecule has 6 nitrogen and oxygen atoms in total. The van der Waals surface area contributed by atoms with Gasteiger partial charge in [-0.1, -0.05) is 42.8 Å². The third-order valence-corrected chi connectivity index (χ3v) is 5.13. The first-order valence-corrected chi connectivity index (χ1v) is 11.0. The summed E-state index contributed by atoms with van der Waals surface area (Å²) < 4.78 is 5.11. The van der Waals surface area contributed by atoms with Crippen LogP contribution in [0.4, 0.5) is 5.95 Å². The number of methoxy groups -OCH3 is 1. The maximum absolute atomic E-state index is 5.11. The van der Waals surface area contributed by atoms with Gasteiger partial charge in [0.1, 0.15) is 0 Å². The Balaban J connectivity index is 0.00000187. The van der Waals surface area contributed by atoms with Crippen molar-refractivity contribution in [3.8, 4) is 12.8 Å². The van der Waals surface area contributed by atoms with Gasteiger partial charge in [-0.3, -0.25) is 4.99 Å². The first-order valence-electron chi connectivity index (χ1n) is 11.0. The minimum atomic E-state index is 0.587. The van der Waals surface area contributed by atoms with E-state index in [0.29, 0.717) is 12.6 Å². The minimum absolute atomic E-state index is 0.587. The smallest absolute Gasteiger partial charge is 0.223 e. The first kappa shape index (κ1) is 25.6. The summed E-state index contributed by atoms with van der Waals surface area (Å²) in [6, 6.07) is 10.2. The molecule has 3 rings (SSSR count). The van der Waals surface area contributed by atoms with Crippen molar-refractivity contribution in [2.75, 3.05) is 32.1 Å². The fourth-order valence-corrected chi connectivity index (χ4v) is 3.37. The Kier molecular flexibility index (Phi) is 10.6. The van der Waals surface area contributed by atoms with Crippen molar-refractivity contribution in [3.05, 3.63) is 77.3 Å². The number of nitrogens with zero attached hydrogens (tertiary/aromatic N) is 4. The highest BCUT2D eigenvalue weighted by Gasteiger charge is 2.19. The number of aliphatic imine (C=N–C) groups is 1. The molecule has 0 aliphatic carbocycles. The molecule has 172 valence electrons. The maximum Gasteiger partial charge on any atom is 0.223 e. The topological polar surface area (TPSA) is 62.6 Å². The van der Waals surface area contributed by atoms with Crippen molar-refractivity contribution in [1.82, 2.24) is 14.9 Å². The van der Waals surface area contributed by atoms with E-state index in [-0.39, 0.29) is 0 Å². The Morgan fingerprint density at radius 1 is 1.24 bits per heavy atom. The van der Waals surface area contributed by atoms with Gasteiger partial charge in [0.05, 0.1) is 17.1 Å². The molecule has 2 aromatic rings. The molecule has 33 heavy (non-hydrogen) atoms. The van der Waals surface area contributed by atoms with Crippen LogP contribution < -0.4 is 5.32 Å². The number of benzene rings is 1. The van der Waals surface area contributed by atoms with Crippen molar-refractivity contribution < 1.29 is 4.74 Å². The van der Waals surface area contributed by atoms with Gasteiger partial charge in [-0.25, -0.2) is 9.97 Å². The molecule has 0 fully saturated rings. The van der Waals surface area contributed by atoms with E-state index < -0.39 is 0 Å². The summed E-state index contributed by atoms with van der Waals surface area (Å²) in [7, 11) is 1.70. The van der Waals surface area contributed by atoms with Crippen LogP contribution in [-0.4, -0.2) is 48.4 Å². The molecule has 0 saturated carbocycles. The first-order chi connectivity index (χ1) is 16.2. The van der Waals surface area contributed by atoms with Gasteiger partial charge in [0.15, 0.2) is 0 Å². The predicted molar refractivity (Wildman–Crippen MR) is 139 cm³/mol. The minimum Gasteiger partial charge on any atom is -0.385 e. The molecule has 1 aliphatic rings. The lowest BCUT2D eigenvalue weighted by atomic mass is 10.0. The maximum atomic E-state index is 5.11. The molecule has 0 saturated heterocycles. The Labute approximate surface area is 197 Å². The molecule has 2 heterocycles. The van der Waals surface area contributed by atoms with E-state index in [4.69, 9.17) is 9.72 Å². The summed E-state index contributed by atoms with van der Waals surface area (Å²) in [5.41, 5.74) is 6.02. The predicted octanol–water partition coefficient (Wildman–Crippen LogP) is 5.17. The van der Waals surface area contributed by atoms with Gasteiger partial charge in [-0.15, -0.1) is 12.8 Å². The molecule has 1 aromatic carbocycles. The van der Waals surface area contributed by atoms with Crippen LogP contribution in [0.2, 0.25) is 0 Å². The number of anilines is 1. The number of hydrogen-bond acceptors (Lipinski definition) is 6. The number of aryl methyl sites for hydroxylation is 1. The largest absolute Gasteiger partial charge is 0.385 e. The van der Waals surface area contributed by atoms with Gasteiger partial charge in [0.25, 0.3) is 0 Å². The molecule has 0 spiro atoms. The van der Waals surface area contributed by atoms with E-state index in [0.717, 1.165) is 48.6 Å². The third-order valence-electron chi connectivity index (χ3n) is 5.13. The van der Waals surface area contributed by atoms with Gasteiger partial charge in [-0.2, -0.15) is 0 Å². The zero-order valence-electron chi connectivity index (χ0n) is 19.8. The number of allylic oxidation sites excluding steroid dienone is 2. The SMILES string of the molecule is C#C.C=N/C(=C(/c1ccnc(NCCCOC)n1)N1C=CC(CC)=CC1)c1ccc(C)cc1. The molecule has 0 radical (unpaired) electrons. The number of hydrogen-bond donors (Lipinski definition) is 1. The zero-order valence-corrected chi connectivity index (χ0v) is 19.8. The van der Waals surface area contributed by atoms with Crippen molar-refractivity contribution in [2.24, 2.45) is 4.99 Å². The van der Waals surface area contributed by atoms with E-state index in [2.05, 4.69) is 96.2 Å². The standard InChI is InChI=1S/C25H31N5O.C2H2/c1-5-20-12-16-30(17-13-20)24(23(26-3)21-9-7-19(2)8-10-21)22-11-15-28-25(29-22)27-14-6-18-31-4;1-2/h7-13,15-16H,3,5-6,14,17-18H2,1-2,4H3,(H,27,28,29);1-2H/b24-23-;. The van der Waals surface area contributed by atoms with Crippen molar-refractivity contribution in [2.45, 2.75) is 26.7 Å². The van der Waals surface area contributed by atoms with Crippen LogP contribution >= 0.6 is 0 Å². The fourth-order valence-electron chi connectivity index (χ4n) is 3.37. The molecular formula is C27H33N5O. The lowest BCUT2D eigenvalue weighted by molar-refractivity contribution is 0.197. The highest BCUT2D eigenvalue weighted by atomic mass is 16.5. The lowest BCUT2D eigenvalue weighted by Gasteiger charge is -2.27. The van der Waals surface area contributed by atoms with Gasteiger partial charge in [0.2, 0.25) is 5.95 Å². The highest BCUT2D eigenvalue weighted by molar-refractivity contribution is 5.90. The second-order valence-electron chi connectivity index (χ2n) is 7.36. The quantitative estimate of drug-likeness (QED) is 0.312. The summed E-state index contributed by atoms with van der Waals surface area (Å²) >= 11 is 0. The normalized spacial score (nSPS) is 13.4. The van der Waals surface area contributed by atoms with E-state index in [1.165, 1.54) is 11.1 Å². The molecule has 1 aliphatic heterocycles. The summed E-state index contributed by atoms with van der Waals surface area (Å²) in [5.74, 6) is 0.587. The fraction of sp³-hybridized carbons (Fsp3) is 0.296. The molecule has 0 unspecified atom stereocenters. The summed E-state index contributed by atoms with van der Waals surface area (Å²) in [6.45, 7) is 10.3. The Morgan fingerprint density at radius 2 is 2.00 bits per heavy atom. The Hall–Kier alpha value is -3.69. The average Bonchev–Trinajstić information content (AvgIpc) is 2.87. The monoisotopic (exact) mass is 443 g/mol. The van der Waals surface area contributed by atoms with Crippen LogP contribution in [-0.2, 0) is 4.74 Å². The van der Waals surface area contributed by atoms with Crippen LogP contribution in [0.5, 0.6) is 0 Å². The molecule has 1 N–H and O–H groups in total. The molecule has 0 bridgehead atoms. The van der Waals surface area contributed by atoms with E-state index >= 15 is 0 Å². The van der Waals surface area contributed by atoms with Crippen LogP contribution in [0.25, 0.3) is 11.4 Å². The second kappa shape index (κ2) is 13.7. The number of ether oxygens (including phenoxy) is 1. The Bertz CT molecular complexity index is 1020. The van der Waals surface area contributed by atoms with E-state index in [9.17, 15) is 0 Å². The van der Waals surface area contributed by atoms with Crippen molar-refractivity contribution in [3.63, 3.8) is 0 Å². The van der Waals surface area contributed by atoms with Crippen molar-refractivity contribution >= 4 is 24.1 Å². The molecule has 0 atom stereocenters. The molecule has 6 heteroatoms. The molecular weight excluding hydrogens is 410 g/mol. The van der Waals surface area contributed by atoms with Gasteiger partial charge in [-0.05, 0) is 44.2 Å². The van der Waals surface area contributed by atoms with Gasteiger partial charge < -0.3 is 15.0 Å². The number of aromatic nitrogens is 2. The third kappa shape index (κ3) is 7.16. The molecule has 0 amide bonds. The van der Waals surface area contributed by atoms with Crippen LogP contribution in [0, 0.1) is 19.8 Å². The van der Waals surface area contributed by atoms with Crippen LogP contribution in [0.1, 0.15) is 36.6 Å². The summed E-state index contributed by atoms with van der Waals surface area (Å²) in [4.78, 5) is 15.8.